The van der Waals surface area contributed by atoms with Crippen molar-refractivity contribution in [2.45, 2.75) is 19.9 Å². The molecule has 0 bridgehead atoms. The average Bonchev–Trinajstić information content (AvgIpc) is 2.26. The van der Waals surface area contributed by atoms with E-state index in [1.807, 2.05) is 25.7 Å². The van der Waals surface area contributed by atoms with Gasteiger partial charge in [-0.05, 0) is 20.9 Å². The van der Waals surface area contributed by atoms with E-state index in [0.717, 1.165) is 16.4 Å². The summed E-state index contributed by atoms with van der Waals surface area (Å²) in [4.78, 5) is 0. The molecule has 0 saturated heterocycles. The maximum atomic E-state index is 6.06. The van der Waals surface area contributed by atoms with Crippen LogP contribution in [-0.4, -0.2) is 16.8 Å². The monoisotopic (exact) mass is 187 g/mol. The van der Waals surface area contributed by atoms with Crippen molar-refractivity contribution in [3.63, 3.8) is 0 Å². The second kappa shape index (κ2) is 3.46. The maximum absolute atomic E-state index is 6.06. The van der Waals surface area contributed by atoms with E-state index in [1.165, 1.54) is 0 Å². The van der Waals surface area contributed by atoms with Crippen LogP contribution in [0.2, 0.25) is 5.02 Å². The van der Waals surface area contributed by atoms with Gasteiger partial charge in [-0.15, -0.1) is 0 Å². The van der Waals surface area contributed by atoms with Crippen LogP contribution in [0.3, 0.4) is 0 Å². The third-order valence-electron chi connectivity index (χ3n) is 2.03. The summed E-state index contributed by atoms with van der Waals surface area (Å²) in [6.45, 7) is 3.97. The Morgan fingerprint density at radius 3 is 2.50 bits per heavy atom. The Balaban J connectivity index is 3.13. The highest BCUT2D eigenvalue weighted by Crippen LogP contribution is 2.24. The molecule has 4 heteroatoms. The van der Waals surface area contributed by atoms with Crippen LogP contribution < -0.4 is 5.32 Å². The van der Waals surface area contributed by atoms with Crippen LogP contribution in [0.1, 0.15) is 24.4 Å². The lowest BCUT2D eigenvalue weighted by Gasteiger charge is -2.10. The first-order valence-electron chi connectivity index (χ1n) is 3.94. The van der Waals surface area contributed by atoms with Gasteiger partial charge in [0.05, 0.1) is 16.4 Å². The molecule has 0 aliphatic rings. The number of aromatic nitrogens is 2. The lowest BCUT2D eigenvalue weighted by atomic mass is 10.2. The minimum absolute atomic E-state index is 0.240. The summed E-state index contributed by atoms with van der Waals surface area (Å²) in [5.41, 5.74) is 1.92. The molecule has 1 atom stereocenters. The molecule has 1 heterocycles. The molecule has 0 saturated carbocycles. The molecule has 1 aromatic heterocycles. The van der Waals surface area contributed by atoms with Gasteiger partial charge in [0.1, 0.15) is 0 Å². The minimum Gasteiger partial charge on any atom is -0.312 e. The Hall–Kier alpha value is -0.540. The lowest BCUT2D eigenvalue weighted by Crippen LogP contribution is -2.16. The SMILES string of the molecule is CNC(C)c1c(Cl)c(C)nn1C. The second-order valence-corrected chi connectivity index (χ2v) is 3.30. The zero-order valence-corrected chi connectivity index (χ0v) is 8.61. The van der Waals surface area contributed by atoms with Crippen molar-refractivity contribution in [3.05, 3.63) is 16.4 Å². The van der Waals surface area contributed by atoms with Crippen LogP contribution in [-0.2, 0) is 7.05 Å². The number of hydrogen-bond donors (Lipinski definition) is 1. The summed E-state index contributed by atoms with van der Waals surface area (Å²) in [6, 6.07) is 0.240. The van der Waals surface area contributed by atoms with Crippen LogP contribution >= 0.6 is 11.6 Å². The molecule has 12 heavy (non-hydrogen) atoms. The van der Waals surface area contributed by atoms with E-state index < -0.39 is 0 Å². The number of hydrogen-bond acceptors (Lipinski definition) is 2. The molecule has 3 nitrogen and oxygen atoms in total. The fourth-order valence-corrected chi connectivity index (χ4v) is 1.58. The standard InChI is InChI=1S/C8H14ClN3/c1-5-7(9)8(6(2)10-3)12(4)11-5/h6,10H,1-4H3. The lowest BCUT2D eigenvalue weighted by molar-refractivity contribution is 0.578. The van der Waals surface area contributed by atoms with Gasteiger partial charge in [-0.2, -0.15) is 5.10 Å². The molecule has 68 valence electrons. The fourth-order valence-electron chi connectivity index (χ4n) is 1.26. The van der Waals surface area contributed by atoms with Crippen molar-refractivity contribution in [3.8, 4) is 0 Å². The first-order valence-corrected chi connectivity index (χ1v) is 4.32. The average molecular weight is 188 g/mol. The van der Waals surface area contributed by atoms with Crippen LogP contribution in [0.4, 0.5) is 0 Å². The van der Waals surface area contributed by atoms with E-state index in [9.17, 15) is 0 Å². The maximum Gasteiger partial charge on any atom is 0.0863 e. The van der Waals surface area contributed by atoms with Crippen LogP contribution in [0, 0.1) is 6.92 Å². The first kappa shape index (κ1) is 9.55. The molecule has 0 aliphatic carbocycles. The third kappa shape index (κ3) is 1.47. The van der Waals surface area contributed by atoms with Crippen molar-refractivity contribution in [1.29, 1.82) is 0 Å². The molecule has 1 N–H and O–H groups in total. The van der Waals surface area contributed by atoms with Crippen molar-refractivity contribution in [1.82, 2.24) is 15.1 Å². The molecule has 1 aromatic rings. The second-order valence-electron chi connectivity index (χ2n) is 2.92. The van der Waals surface area contributed by atoms with Gasteiger partial charge in [0.25, 0.3) is 0 Å². The van der Waals surface area contributed by atoms with Gasteiger partial charge in [-0.3, -0.25) is 4.68 Å². The fraction of sp³-hybridized carbons (Fsp3) is 0.625. The van der Waals surface area contributed by atoms with Gasteiger partial charge in [-0.1, -0.05) is 11.6 Å². The Bertz CT molecular complexity index is 280. The van der Waals surface area contributed by atoms with Gasteiger partial charge in [0.15, 0.2) is 0 Å². The summed E-state index contributed by atoms with van der Waals surface area (Å²) in [5.74, 6) is 0. The Morgan fingerprint density at radius 1 is 1.58 bits per heavy atom. The highest BCUT2D eigenvalue weighted by atomic mass is 35.5. The zero-order chi connectivity index (χ0) is 9.30. The van der Waals surface area contributed by atoms with E-state index in [2.05, 4.69) is 17.3 Å². The predicted octanol–water partition coefficient (Wildman–Crippen LogP) is 1.66. The summed E-state index contributed by atoms with van der Waals surface area (Å²) < 4.78 is 1.82. The zero-order valence-electron chi connectivity index (χ0n) is 7.85. The third-order valence-corrected chi connectivity index (χ3v) is 2.50. The summed E-state index contributed by atoms with van der Waals surface area (Å²) >= 11 is 6.06. The number of nitrogens with zero attached hydrogens (tertiary/aromatic N) is 2. The van der Waals surface area contributed by atoms with Crippen LogP contribution in [0.25, 0.3) is 0 Å². The normalized spacial score (nSPS) is 13.4. The van der Waals surface area contributed by atoms with Gasteiger partial charge in [-0.25, -0.2) is 0 Å². The van der Waals surface area contributed by atoms with Crippen molar-refractivity contribution < 1.29 is 0 Å². The number of aryl methyl sites for hydroxylation is 2. The molecule has 0 radical (unpaired) electrons. The number of rotatable bonds is 2. The van der Waals surface area contributed by atoms with Crippen LogP contribution in [0.5, 0.6) is 0 Å². The highest BCUT2D eigenvalue weighted by Gasteiger charge is 2.15. The van der Waals surface area contributed by atoms with Gasteiger partial charge >= 0.3 is 0 Å². The molecule has 0 fully saturated rings. The summed E-state index contributed by atoms with van der Waals surface area (Å²) in [7, 11) is 3.81. The van der Waals surface area contributed by atoms with E-state index >= 15 is 0 Å². The Morgan fingerprint density at radius 2 is 2.17 bits per heavy atom. The number of halogens is 1. The van der Waals surface area contributed by atoms with Crippen LogP contribution in [0.15, 0.2) is 0 Å². The van der Waals surface area contributed by atoms with Gasteiger partial charge < -0.3 is 5.32 Å². The number of nitrogens with one attached hydrogen (secondary N) is 1. The topological polar surface area (TPSA) is 29.9 Å². The van der Waals surface area contributed by atoms with Crippen molar-refractivity contribution >= 4 is 11.6 Å². The van der Waals surface area contributed by atoms with E-state index in [0.29, 0.717) is 0 Å². The Labute approximate surface area is 77.7 Å². The summed E-state index contributed by atoms with van der Waals surface area (Å²) in [5, 5.41) is 8.12. The van der Waals surface area contributed by atoms with Gasteiger partial charge in [0.2, 0.25) is 0 Å². The quantitative estimate of drug-likeness (QED) is 0.764. The predicted molar refractivity (Wildman–Crippen MR) is 50.4 cm³/mol. The largest absolute Gasteiger partial charge is 0.312 e. The van der Waals surface area contributed by atoms with Gasteiger partial charge in [0, 0.05) is 13.1 Å². The van der Waals surface area contributed by atoms with E-state index in [4.69, 9.17) is 11.6 Å². The highest BCUT2D eigenvalue weighted by molar-refractivity contribution is 6.31. The first-order chi connectivity index (χ1) is 5.57. The van der Waals surface area contributed by atoms with E-state index in [-0.39, 0.29) is 6.04 Å². The van der Waals surface area contributed by atoms with Crippen molar-refractivity contribution in [2.75, 3.05) is 7.05 Å². The molecule has 1 rings (SSSR count). The molecule has 0 amide bonds. The smallest absolute Gasteiger partial charge is 0.0863 e. The summed E-state index contributed by atoms with van der Waals surface area (Å²) in [6.07, 6.45) is 0. The van der Waals surface area contributed by atoms with Crippen molar-refractivity contribution in [2.24, 2.45) is 7.05 Å². The molecule has 0 spiro atoms. The molecular formula is C8H14ClN3. The molecule has 0 aromatic carbocycles. The Kier molecular flexibility index (Phi) is 2.75. The molecule has 1 unspecified atom stereocenters. The van der Waals surface area contributed by atoms with E-state index in [1.54, 1.807) is 0 Å². The minimum atomic E-state index is 0.240. The molecular weight excluding hydrogens is 174 g/mol. The molecule has 0 aliphatic heterocycles.